The lowest BCUT2D eigenvalue weighted by atomic mass is 10.1. The van der Waals surface area contributed by atoms with E-state index in [0.717, 1.165) is 0 Å². The number of alkyl halides is 2. The van der Waals surface area contributed by atoms with Crippen molar-refractivity contribution in [2.45, 2.75) is 6.43 Å². The van der Waals surface area contributed by atoms with Gasteiger partial charge in [-0.25, -0.2) is 22.4 Å². The Morgan fingerprint density at radius 1 is 1.31 bits per heavy atom. The number of halogens is 4. The summed E-state index contributed by atoms with van der Waals surface area (Å²) in [6.45, 7) is 0. The van der Waals surface area contributed by atoms with Gasteiger partial charge in [0.15, 0.2) is 0 Å². The lowest BCUT2D eigenvalue weighted by Crippen LogP contribution is -1.97. The van der Waals surface area contributed by atoms with Crippen molar-refractivity contribution in [2.24, 2.45) is 0 Å². The summed E-state index contributed by atoms with van der Waals surface area (Å²) >= 11 is 0. The summed E-state index contributed by atoms with van der Waals surface area (Å²) in [5.74, 6) is -3.78. The first-order valence-electron chi connectivity index (χ1n) is 4.10. The molecule has 0 atom stereocenters. The summed E-state index contributed by atoms with van der Waals surface area (Å²) < 4.78 is 50.6. The predicted molar refractivity (Wildman–Crippen MR) is 48.0 cm³/mol. The topological polar surface area (TPSA) is 37.3 Å². The second-order valence-corrected chi connectivity index (χ2v) is 2.86. The van der Waals surface area contributed by atoms with Crippen molar-refractivity contribution < 1.29 is 27.5 Å². The molecule has 0 heterocycles. The summed E-state index contributed by atoms with van der Waals surface area (Å²) in [7, 11) is 0. The zero-order valence-corrected chi connectivity index (χ0v) is 7.75. The molecule has 6 heteroatoms. The van der Waals surface area contributed by atoms with E-state index in [4.69, 9.17) is 5.11 Å². The predicted octanol–water partition coefficient (Wildman–Crippen LogP) is 3.00. The van der Waals surface area contributed by atoms with Crippen molar-refractivity contribution >= 4 is 12.0 Å². The maximum Gasteiger partial charge on any atom is 0.328 e. The molecule has 16 heavy (non-hydrogen) atoms. The SMILES string of the molecule is O=C(O)/C=C/c1c(F)cc(F)cc1C(F)F. The van der Waals surface area contributed by atoms with Crippen LogP contribution in [0.4, 0.5) is 17.6 Å². The molecule has 1 N–H and O–H groups in total. The van der Waals surface area contributed by atoms with Crippen molar-refractivity contribution in [1.29, 1.82) is 0 Å². The zero-order chi connectivity index (χ0) is 12.3. The fourth-order valence-electron chi connectivity index (χ4n) is 1.12. The van der Waals surface area contributed by atoms with Gasteiger partial charge in [0.2, 0.25) is 0 Å². The van der Waals surface area contributed by atoms with Gasteiger partial charge in [-0.2, -0.15) is 0 Å². The molecule has 2 nitrogen and oxygen atoms in total. The van der Waals surface area contributed by atoms with Gasteiger partial charge in [0, 0.05) is 23.3 Å². The molecule has 0 aliphatic heterocycles. The first-order chi connectivity index (χ1) is 7.41. The van der Waals surface area contributed by atoms with Crippen LogP contribution in [0.1, 0.15) is 17.6 Å². The van der Waals surface area contributed by atoms with Gasteiger partial charge in [-0.3, -0.25) is 0 Å². The van der Waals surface area contributed by atoms with E-state index in [1.54, 1.807) is 0 Å². The summed E-state index contributed by atoms with van der Waals surface area (Å²) in [6, 6.07) is 0.878. The number of aliphatic carboxylic acids is 1. The van der Waals surface area contributed by atoms with Crippen LogP contribution in [0, 0.1) is 11.6 Å². The molecule has 0 spiro atoms. The third-order valence-electron chi connectivity index (χ3n) is 1.75. The highest BCUT2D eigenvalue weighted by atomic mass is 19.3. The zero-order valence-electron chi connectivity index (χ0n) is 7.75. The van der Waals surface area contributed by atoms with E-state index in [2.05, 4.69) is 0 Å². The van der Waals surface area contributed by atoms with Crippen LogP contribution in [0.5, 0.6) is 0 Å². The highest BCUT2D eigenvalue weighted by Gasteiger charge is 2.16. The van der Waals surface area contributed by atoms with Crippen LogP contribution in [0.15, 0.2) is 18.2 Å². The fourth-order valence-corrected chi connectivity index (χ4v) is 1.12. The molecule has 1 aromatic carbocycles. The second-order valence-electron chi connectivity index (χ2n) is 2.86. The largest absolute Gasteiger partial charge is 0.478 e. The van der Waals surface area contributed by atoms with E-state index < -0.39 is 35.2 Å². The Morgan fingerprint density at radius 2 is 1.94 bits per heavy atom. The molecule has 1 aromatic rings. The van der Waals surface area contributed by atoms with Gasteiger partial charge in [-0.05, 0) is 12.1 Å². The highest BCUT2D eigenvalue weighted by molar-refractivity contribution is 5.85. The van der Waals surface area contributed by atoms with Gasteiger partial charge >= 0.3 is 5.97 Å². The molecule has 0 saturated heterocycles. The van der Waals surface area contributed by atoms with Crippen molar-refractivity contribution in [2.75, 3.05) is 0 Å². The molecule has 0 fully saturated rings. The smallest absolute Gasteiger partial charge is 0.328 e. The molecule has 0 aliphatic carbocycles. The molecule has 1 rings (SSSR count). The Labute approximate surface area is 87.8 Å². The van der Waals surface area contributed by atoms with Crippen LogP contribution in [0.25, 0.3) is 6.08 Å². The van der Waals surface area contributed by atoms with E-state index in [-0.39, 0.29) is 0 Å². The average Bonchev–Trinajstić information content (AvgIpc) is 2.14. The van der Waals surface area contributed by atoms with Crippen LogP contribution in [-0.4, -0.2) is 11.1 Å². The molecular formula is C10H6F4O2. The Hall–Kier alpha value is -1.85. The van der Waals surface area contributed by atoms with Crippen molar-refractivity contribution in [1.82, 2.24) is 0 Å². The fraction of sp³-hybridized carbons (Fsp3) is 0.100. The van der Waals surface area contributed by atoms with Gasteiger partial charge in [0.1, 0.15) is 11.6 Å². The van der Waals surface area contributed by atoms with Crippen molar-refractivity contribution in [3.05, 3.63) is 41.0 Å². The van der Waals surface area contributed by atoms with Gasteiger partial charge < -0.3 is 5.11 Å². The summed E-state index contributed by atoms with van der Waals surface area (Å²) in [5.41, 5.74) is -1.51. The third-order valence-corrected chi connectivity index (χ3v) is 1.75. The van der Waals surface area contributed by atoms with Crippen LogP contribution in [-0.2, 0) is 4.79 Å². The number of rotatable bonds is 3. The minimum absolute atomic E-state index is 0.410. The van der Waals surface area contributed by atoms with E-state index in [0.29, 0.717) is 24.3 Å². The average molecular weight is 234 g/mol. The minimum Gasteiger partial charge on any atom is -0.478 e. The standard InChI is InChI=1S/C10H6F4O2/c11-5-3-7(10(13)14)6(8(12)4-5)1-2-9(15)16/h1-4,10H,(H,15,16)/b2-1+. The number of hydrogen-bond donors (Lipinski definition) is 1. The number of carbonyl (C=O) groups is 1. The molecular weight excluding hydrogens is 228 g/mol. The molecule has 0 bridgehead atoms. The highest BCUT2D eigenvalue weighted by Crippen LogP contribution is 2.27. The van der Waals surface area contributed by atoms with Crippen molar-refractivity contribution in [3.63, 3.8) is 0 Å². The van der Waals surface area contributed by atoms with E-state index >= 15 is 0 Å². The first-order valence-corrected chi connectivity index (χ1v) is 4.10. The maximum atomic E-state index is 13.1. The van der Waals surface area contributed by atoms with E-state index in [1.807, 2.05) is 0 Å². The summed E-state index contributed by atoms with van der Waals surface area (Å²) in [5, 5.41) is 8.28. The Balaban J connectivity index is 3.29. The molecule has 0 aliphatic rings. The number of carboxylic acids is 1. The summed E-state index contributed by atoms with van der Waals surface area (Å²) in [4.78, 5) is 10.2. The van der Waals surface area contributed by atoms with Crippen molar-refractivity contribution in [3.8, 4) is 0 Å². The van der Waals surface area contributed by atoms with Gasteiger partial charge in [0.05, 0.1) is 0 Å². The Morgan fingerprint density at radius 3 is 2.44 bits per heavy atom. The first kappa shape index (κ1) is 12.2. The van der Waals surface area contributed by atoms with Crippen LogP contribution >= 0.6 is 0 Å². The molecule has 0 saturated carbocycles. The van der Waals surface area contributed by atoms with Crippen LogP contribution in [0.2, 0.25) is 0 Å². The van der Waals surface area contributed by atoms with Crippen LogP contribution < -0.4 is 0 Å². The van der Waals surface area contributed by atoms with E-state index in [9.17, 15) is 22.4 Å². The minimum atomic E-state index is -3.08. The molecule has 0 amide bonds. The number of benzene rings is 1. The van der Waals surface area contributed by atoms with E-state index in [1.165, 1.54) is 0 Å². The number of carboxylic acid groups (broad SMARTS) is 1. The summed E-state index contributed by atoms with van der Waals surface area (Å²) in [6.07, 6.45) is -1.92. The monoisotopic (exact) mass is 234 g/mol. The Kier molecular flexibility index (Phi) is 3.65. The van der Waals surface area contributed by atoms with Gasteiger partial charge in [-0.15, -0.1) is 0 Å². The quantitative estimate of drug-likeness (QED) is 0.644. The second kappa shape index (κ2) is 4.78. The molecule has 0 unspecified atom stereocenters. The number of hydrogen-bond acceptors (Lipinski definition) is 1. The molecule has 86 valence electrons. The Bertz CT molecular complexity index is 441. The van der Waals surface area contributed by atoms with Gasteiger partial charge in [0.25, 0.3) is 6.43 Å². The van der Waals surface area contributed by atoms with Crippen LogP contribution in [0.3, 0.4) is 0 Å². The molecule has 0 aromatic heterocycles. The lowest BCUT2D eigenvalue weighted by Gasteiger charge is -2.06. The van der Waals surface area contributed by atoms with Gasteiger partial charge in [-0.1, -0.05) is 0 Å². The normalized spacial score (nSPS) is 11.3. The third kappa shape index (κ3) is 2.82. The lowest BCUT2D eigenvalue weighted by molar-refractivity contribution is -0.131. The maximum absolute atomic E-state index is 13.1. The molecule has 0 radical (unpaired) electrons.